The van der Waals surface area contributed by atoms with Gasteiger partial charge in [-0.05, 0) is 47.9 Å². The molecule has 8 nitrogen and oxygen atoms in total. The number of hydrogen-bond acceptors (Lipinski definition) is 7. The summed E-state index contributed by atoms with van der Waals surface area (Å²) in [5.41, 5.74) is 2.04. The highest BCUT2D eigenvalue weighted by molar-refractivity contribution is 7.99. The van der Waals surface area contributed by atoms with Crippen LogP contribution in [0.2, 0.25) is 0 Å². The molecule has 0 saturated carbocycles. The Labute approximate surface area is 176 Å². The van der Waals surface area contributed by atoms with Crippen molar-refractivity contribution >= 4 is 17.7 Å². The fraction of sp³-hybridized carbons (Fsp3) is 0.600. The van der Waals surface area contributed by atoms with Gasteiger partial charge in [0.25, 0.3) is 0 Å². The van der Waals surface area contributed by atoms with Gasteiger partial charge in [-0.3, -0.25) is 9.69 Å². The molecule has 1 amide bonds. The highest BCUT2D eigenvalue weighted by Gasteiger charge is 2.28. The lowest BCUT2D eigenvalue weighted by atomic mass is 10.0. The predicted octanol–water partition coefficient (Wildman–Crippen LogP) is 2.10. The van der Waals surface area contributed by atoms with Crippen LogP contribution in [-0.2, 0) is 9.53 Å². The maximum atomic E-state index is 12.4. The third-order valence-electron chi connectivity index (χ3n) is 5.16. The fourth-order valence-corrected chi connectivity index (χ4v) is 3.93. The molecule has 0 atom stereocenters. The van der Waals surface area contributed by atoms with E-state index in [4.69, 9.17) is 4.74 Å². The minimum atomic E-state index is -0.107. The van der Waals surface area contributed by atoms with E-state index < -0.39 is 0 Å². The molecule has 0 spiro atoms. The Morgan fingerprint density at radius 1 is 1.24 bits per heavy atom. The van der Waals surface area contributed by atoms with Gasteiger partial charge in [0, 0.05) is 25.2 Å². The quantitative estimate of drug-likeness (QED) is 0.657. The molecule has 1 aliphatic heterocycles. The summed E-state index contributed by atoms with van der Waals surface area (Å²) < 4.78 is 7.08. The Kier molecular flexibility index (Phi) is 7.26. The SMILES string of the molecule is CC(C)c1ccc(-n2nnnc2SCC(=O)NCC(C)(C)N2CCOCC2)cc1. The second-order valence-electron chi connectivity index (χ2n) is 8.10. The van der Waals surface area contributed by atoms with Crippen LogP contribution < -0.4 is 5.32 Å². The van der Waals surface area contributed by atoms with Crippen LogP contribution in [0.25, 0.3) is 5.69 Å². The molecule has 1 fully saturated rings. The number of benzene rings is 1. The number of tetrazole rings is 1. The van der Waals surface area contributed by atoms with E-state index in [1.165, 1.54) is 17.3 Å². The number of carbonyl (C=O) groups excluding carboxylic acids is 1. The summed E-state index contributed by atoms with van der Waals surface area (Å²) in [5.74, 6) is 0.710. The van der Waals surface area contributed by atoms with E-state index in [0.29, 0.717) is 17.6 Å². The molecule has 0 aliphatic carbocycles. The maximum absolute atomic E-state index is 12.4. The molecule has 158 valence electrons. The molecule has 9 heteroatoms. The summed E-state index contributed by atoms with van der Waals surface area (Å²) in [6.07, 6.45) is 0. The van der Waals surface area contributed by atoms with Gasteiger partial charge >= 0.3 is 0 Å². The van der Waals surface area contributed by atoms with Crippen molar-refractivity contribution in [2.24, 2.45) is 0 Å². The van der Waals surface area contributed by atoms with Gasteiger partial charge in [-0.15, -0.1) is 5.10 Å². The first-order chi connectivity index (χ1) is 13.9. The van der Waals surface area contributed by atoms with E-state index in [1.54, 1.807) is 4.68 Å². The first-order valence-electron chi connectivity index (χ1n) is 9.98. The van der Waals surface area contributed by atoms with Crippen molar-refractivity contribution < 1.29 is 9.53 Å². The zero-order valence-electron chi connectivity index (χ0n) is 17.6. The lowest BCUT2D eigenvalue weighted by Crippen LogP contribution is -2.55. The van der Waals surface area contributed by atoms with Crippen molar-refractivity contribution in [3.8, 4) is 5.69 Å². The highest BCUT2D eigenvalue weighted by Crippen LogP contribution is 2.21. The normalized spacial score (nSPS) is 15.6. The topological polar surface area (TPSA) is 85.2 Å². The number of nitrogens with zero attached hydrogens (tertiary/aromatic N) is 5. The molecule has 2 heterocycles. The van der Waals surface area contributed by atoms with E-state index in [0.717, 1.165) is 32.0 Å². The number of ether oxygens (including phenoxy) is 1. The molecular formula is C20H30N6O2S. The molecule has 0 unspecified atom stereocenters. The third kappa shape index (κ3) is 5.77. The smallest absolute Gasteiger partial charge is 0.230 e. The van der Waals surface area contributed by atoms with Crippen LogP contribution in [0.1, 0.15) is 39.2 Å². The molecule has 1 N–H and O–H groups in total. The van der Waals surface area contributed by atoms with Gasteiger partial charge in [0.05, 0.1) is 24.7 Å². The van der Waals surface area contributed by atoms with E-state index in [-0.39, 0.29) is 17.2 Å². The number of thioether (sulfide) groups is 1. The molecule has 3 rings (SSSR count). The van der Waals surface area contributed by atoms with Crippen LogP contribution in [0, 0.1) is 0 Å². The Bertz CT molecular complexity index is 800. The maximum Gasteiger partial charge on any atom is 0.230 e. The van der Waals surface area contributed by atoms with Gasteiger partial charge in [-0.2, -0.15) is 4.68 Å². The van der Waals surface area contributed by atoms with Crippen LogP contribution in [0.15, 0.2) is 29.4 Å². The Morgan fingerprint density at radius 3 is 2.59 bits per heavy atom. The Hall–Kier alpha value is -1.97. The zero-order chi connectivity index (χ0) is 20.9. The average molecular weight is 419 g/mol. The molecule has 2 aromatic rings. The summed E-state index contributed by atoms with van der Waals surface area (Å²) in [4.78, 5) is 14.7. The molecule has 29 heavy (non-hydrogen) atoms. The van der Waals surface area contributed by atoms with Crippen molar-refractivity contribution in [3.63, 3.8) is 0 Å². The second kappa shape index (κ2) is 9.69. The Morgan fingerprint density at radius 2 is 1.93 bits per heavy atom. The molecule has 0 bridgehead atoms. The lowest BCUT2D eigenvalue weighted by molar-refractivity contribution is -0.119. The summed E-state index contributed by atoms with van der Waals surface area (Å²) in [7, 11) is 0. The van der Waals surface area contributed by atoms with Gasteiger partial charge < -0.3 is 10.1 Å². The molecule has 1 saturated heterocycles. The van der Waals surface area contributed by atoms with Crippen molar-refractivity contribution in [2.45, 2.75) is 44.3 Å². The molecule has 0 radical (unpaired) electrons. The van der Waals surface area contributed by atoms with Crippen molar-refractivity contribution in [3.05, 3.63) is 29.8 Å². The largest absolute Gasteiger partial charge is 0.379 e. The highest BCUT2D eigenvalue weighted by atomic mass is 32.2. The molecule has 1 aliphatic rings. The summed E-state index contributed by atoms with van der Waals surface area (Å²) in [5, 5.41) is 15.6. The molecule has 1 aromatic heterocycles. The number of carbonyl (C=O) groups is 1. The lowest BCUT2D eigenvalue weighted by Gasteiger charge is -2.40. The third-order valence-corrected chi connectivity index (χ3v) is 6.08. The first-order valence-corrected chi connectivity index (χ1v) is 11.0. The monoisotopic (exact) mass is 418 g/mol. The fourth-order valence-electron chi connectivity index (χ4n) is 3.21. The number of nitrogens with one attached hydrogen (secondary N) is 1. The summed E-state index contributed by atoms with van der Waals surface area (Å²) >= 11 is 1.33. The number of hydrogen-bond donors (Lipinski definition) is 1. The minimum absolute atomic E-state index is 0.0268. The van der Waals surface area contributed by atoms with E-state index in [2.05, 4.69) is 65.6 Å². The summed E-state index contributed by atoms with van der Waals surface area (Å²) in [6.45, 7) is 12.5. The number of amides is 1. The van der Waals surface area contributed by atoms with Crippen molar-refractivity contribution in [1.29, 1.82) is 0 Å². The number of aromatic nitrogens is 4. The van der Waals surface area contributed by atoms with Crippen molar-refractivity contribution in [1.82, 2.24) is 30.4 Å². The molecule has 1 aromatic carbocycles. The van der Waals surface area contributed by atoms with Crippen LogP contribution in [-0.4, -0.2) is 75.2 Å². The van der Waals surface area contributed by atoms with E-state index in [9.17, 15) is 4.79 Å². The second-order valence-corrected chi connectivity index (χ2v) is 9.04. The minimum Gasteiger partial charge on any atom is -0.379 e. The van der Waals surface area contributed by atoms with E-state index in [1.807, 2.05) is 12.1 Å². The van der Waals surface area contributed by atoms with Crippen molar-refractivity contribution in [2.75, 3.05) is 38.6 Å². The van der Waals surface area contributed by atoms with Crippen LogP contribution >= 0.6 is 11.8 Å². The zero-order valence-corrected chi connectivity index (χ0v) is 18.4. The standard InChI is InChI=1S/C20H30N6O2S/c1-15(2)16-5-7-17(8-6-16)26-19(22-23-24-26)29-13-18(27)21-14-20(3,4)25-9-11-28-12-10-25/h5-8,15H,9-14H2,1-4H3,(H,21,27). The van der Waals surface area contributed by atoms with Gasteiger partial charge in [0.1, 0.15) is 0 Å². The van der Waals surface area contributed by atoms with Gasteiger partial charge in [0.2, 0.25) is 11.1 Å². The Balaban J connectivity index is 1.52. The molecular weight excluding hydrogens is 388 g/mol. The average Bonchev–Trinajstić information content (AvgIpc) is 3.20. The summed E-state index contributed by atoms with van der Waals surface area (Å²) in [6, 6.07) is 8.16. The van der Waals surface area contributed by atoms with Gasteiger partial charge in [0.15, 0.2) is 0 Å². The van der Waals surface area contributed by atoms with Crippen LogP contribution in [0.3, 0.4) is 0 Å². The number of morpholine rings is 1. The van der Waals surface area contributed by atoms with Gasteiger partial charge in [-0.1, -0.05) is 37.7 Å². The van der Waals surface area contributed by atoms with E-state index >= 15 is 0 Å². The van der Waals surface area contributed by atoms with Gasteiger partial charge in [-0.25, -0.2) is 0 Å². The first kappa shape index (κ1) is 21.7. The van der Waals surface area contributed by atoms with Crippen LogP contribution in [0.5, 0.6) is 0 Å². The number of rotatable bonds is 8. The van der Waals surface area contributed by atoms with Crippen LogP contribution in [0.4, 0.5) is 0 Å². The predicted molar refractivity (Wildman–Crippen MR) is 113 cm³/mol.